The van der Waals surface area contributed by atoms with Gasteiger partial charge in [0.25, 0.3) is 0 Å². The van der Waals surface area contributed by atoms with Crippen molar-refractivity contribution in [3.63, 3.8) is 0 Å². The Hall–Kier alpha value is -6.55. The van der Waals surface area contributed by atoms with Crippen LogP contribution in [0.25, 0.3) is 0 Å². The number of carbonyl (C=O) groups is 7. The summed E-state index contributed by atoms with van der Waals surface area (Å²) in [5.74, 6) is -3.22. The molecule has 2 aliphatic heterocycles. The maximum atomic E-state index is 14.8. The quantitative estimate of drug-likeness (QED) is 0.0600. The van der Waals surface area contributed by atoms with Crippen molar-refractivity contribution in [2.45, 2.75) is 160 Å². The summed E-state index contributed by atoms with van der Waals surface area (Å²) in [6, 6.07) is 9.25. The van der Waals surface area contributed by atoms with Crippen LogP contribution in [0.2, 0.25) is 0 Å². The van der Waals surface area contributed by atoms with Crippen molar-refractivity contribution in [1.82, 2.24) is 30.7 Å². The Morgan fingerprint density at radius 3 is 2.11 bits per heavy atom. The van der Waals surface area contributed by atoms with Crippen LogP contribution in [-0.2, 0) is 60.7 Å². The lowest BCUT2D eigenvalue weighted by atomic mass is 9.89. The van der Waals surface area contributed by atoms with Crippen LogP contribution < -0.4 is 25.4 Å². The van der Waals surface area contributed by atoms with Crippen molar-refractivity contribution in [3.05, 3.63) is 59.7 Å². The number of aliphatic carboxylic acids is 1. The third-order valence-corrected chi connectivity index (χ3v) is 15.0. The molecular formula is C57H84N6O17. The third-order valence-electron chi connectivity index (χ3n) is 15.0. The molecular weight excluding hydrogens is 1040 g/mol. The zero-order valence-corrected chi connectivity index (χ0v) is 48.0. The van der Waals surface area contributed by atoms with Crippen LogP contribution in [0.1, 0.15) is 85.3 Å². The number of likely N-dealkylation sites (N-methyl/N-ethyl adjacent to an activating group) is 3. The van der Waals surface area contributed by atoms with Crippen molar-refractivity contribution >= 4 is 41.6 Å². The molecule has 2 aromatic carbocycles. The number of terminal acetylenes is 1. The Balaban J connectivity index is 1.47. The number of methoxy groups -OCH3 is 2. The SMILES string of the molecule is C#CCOc1cc(OC2O[C@H](C(=O)O)[C@@H](O)[C@H](O)[C@H]2O)ccc1COC(=O)N(C)[C@H](C(=O)N[C@H](C(=O)N(C)[C@@H](C(C)CC)[C@@H](CC(=O)N1CCC[C@H]1[C@H](OC)[C@@H](C)C(=O)NC(Cc1ccccc1)C(=O)NC)OC)C(C)C)C(C)C. The number of hydrogen-bond acceptors (Lipinski definition) is 16. The highest BCUT2D eigenvalue weighted by Gasteiger charge is 2.49. The van der Waals surface area contributed by atoms with E-state index in [0.717, 1.165) is 10.5 Å². The summed E-state index contributed by atoms with van der Waals surface area (Å²) in [4.78, 5) is 100. The number of carboxylic acid groups (broad SMARTS) is 1. The monoisotopic (exact) mass is 1120 g/mol. The number of aliphatic hydroxyl groups is 3. The van der Waals surface area contributed by atoms with E-state index in [4.69, 9.17) is 34.8 Å². The Morgan fingerprint density at radius 1 is 0.863 bits per heavy atom. The number of aliphatic hydroxyl groups excluding tert-OH is 3. The summed E-state index contributed by atoms with van der Waals surface area (Å²) in [5, 5.41) is 48.6. The lowest BCUT2D eigenvalue weighted by molar-refractivity contribution is -0.271. The number of nitrogens with one attached hydrogen (secondary N) is 3. The van der Waals surface area contributed by atoms with Crippen LogP contribution in [0.4, 0.5) is 4.79 Å². The van der Waals surface area contributed by atoms with Gasteiger partial charge in [-0.1, -0.05) is 91.1 Å². The number of carboxylic acids is 1. The van der Waals surface area contributed by atoms with E-state index in [-0.39, 0.29) is 54.2 Å². The summed E-state index contributed by atoms with van der Waals surface area (Å²) in [6.45, 7) is 12.4. The minimum Gasteiger partial charge on any atom is -0.480 e. The topological polar surface area (TPSA) is 302 Å². The summed E-state index contributed by atoms with van der Waals surface area (Å²) < 4.78 is 34.2. The minimum absolute atomic E-state index is 0.0321. The van der Waals surface area contributed by atoms with Crippen molar-refractivity contribution in [1.29, 1.82) is 0 Å². The van der Waals surface area contributed by atoms with Gasteiger partial charge in [-0.25, -0.2) is 9.59 Å². The number of amides is 6. The number of carbonyl (C=O) groups excluding carboxylic acids is 6. The first-order chi connectivity index (χ1) is 37.9. The minimum atomic E-state index is -1.93. The van der Waals surface area contributed by atoms with E-state index in [0.29, 0.717) is 25.8 Å². The Kier molecular flexibility index (Phi) is 25.5. The smallest absolute Gasteiger partial charge is 0.410 e. The van der Waals surface area contributed by atoms with E-state index in [1.165, 1.54) is 51.4 Å². The molecule has 0 bridgehead atoms. The molecule has 23 heteroatoms. The highest BCUT2D eigenvalue weighted by Crippen LogP contribution is 2.32. The van der Waals surface area contributed by atoms with E-state index in [2.05, 4.69) is 21.9 Å². The molecule has 2 aromatic rings. The van der Waals surface area contributed by atoms with E-state index >= 15 is 0 Å². The normalized spacial score (nSPS) is 22.0. The van der Waals surface area contributed by atoms with Gasteiger partial charge in [-0.15, -0.1) is 6.42 Å². The molecule has 23 nitrogen and oxygen atoms in total. The molecule has 0 aliphatic carbocycles. The van der Waals surface area contributed by atoms with Gasteiger partial charge in [-0.3, -0.25) is 28.9 Å². The fourth-order valence-corrected chi connectivity index (χ4v) is 10.4. The van der Waals surface area contributed by atoms with Crippen molar-refractivity contribution < 1.29 is 82.4 Å². The molecule has 3 unspecified atom stereocenters. The third kappa shape index (κ3) is 16.8. The van der Waals surface area contributed by atoms with Crippen LogP contribution in [0.3, 0.4) is 0 Å². The second kappa shape index (κ2) is 30.9. The molecule has 444 valence electrons. The summed E-state index contributed by atoms with van der Waals surface area (Å²) in [6.07, 6.45) is -4.32. The zero-order valence-electron chi connectivity index (χ0n) is 48.0. The Bertz CT molecular complexity index is 2440. The molecule has 0 radical (unpaired) electrons. The van der Waals surface area contributed by atoms with Gasteiger partial charge >= 0.3 is 12.1 Å². The highest BCUT2D eigenvalue weighted by atomic mass is 16.7. The zero-order chi connectivity index (χ0) is 59.7. The van der Waals surface area contributed by atoms with Crippen LogP contribution in [0, 0.1) is 36.0 Å². The van der Waals surface area contributed by atoms with Crippen molar-refractivity contribution in [3.8, 4) is 23.8 Å². The van der Waals surface area contributed by atoms with E-state index in [1.54, 1.807) is 46.6 Å². The van der Waals surface area contributed by atoms with Crippen molar-refractivity contribution in [2.24, 2.45) is 23.7 Å². The highest BCUT2D eigenvalue weighted by molar-refractivity contribution is 5.92. The van der Waals surface area contributed by atoms with Gasteiger partial charge in [0, 0.05) is 60.0 Å². The average Bonchev–Trinajstić information content (AvgIpc) is 4.00. The summed E-state index contributed by atoms with van der Waals surface area (Å²) in [5.41, 5.74) is 1.15. The van der Waals surface area contributed by atoms with Crippen LogP contribution in [-0.4, -0.2) is 198 Å². The summed E-state index contributed by atoms with van der Waals surface area (Å²) >= 11 is 0. The summed E-state index contributed by atoms with van der Waals surface area (Å²) in [7, 11) is 7.48. The van der Waals surface area contributed by atoms with Crippen LogP contribution in [0.5, 0.6) is 11.5 Å². The predicted octanol–water partition coefficient (Wildman–Crippen LogP) is 2.10. The molecule has 2 aliphatic rings. The van der Waals surface area contributed by atoms with Crippen LogP contribution >= 0.6 is 0 Å². The molecule has 2 heterocycles. The Labute approximate surface area is 469 Å². The van der Waals surface area contributed by atoms with Gasteiger partial charge in [-0.05, 0) is 48.3 Å². The molecule has 0 aromatic heterocycles. The molecule has 6 amide bonds. The fourth-order valence-electron chi connectivity index (χ4n) is 10.4. The average molecular weight is 1130 g/mol. The van der Waals surface area contributed by atoms with Gasteiger partial charge in [0.05, 0.1) is 36.6 Å². The first kappa shape index (κ1) is 66.0. The molecule has 0 spiro atoms. The largest absolute Gasteiger partial charge is 0.480 e. The molecule has 4 rings (SSSR count). The maximum absolute atomic E-state index is 14.8. The van der Waals surface area contributed by atoms with Gasteiger partial charge in [0.15, 0.2) is 6.10 Å². The number of likely N-dealkylation sites (tertiary alicyclic amines) is 1. The predicted molar refractivity (Wildman–Crippen MR) is 291 cm³/mol. The number of ether oxygens (including phenoxy) is 6. The lowest BCUT2D eigenvalue weighted by Crippen LogP contribution is -2.61. The standard InChI is InChI=1S/C57H84N6O17/c1-14-26-77-40-28-37(79-56-48(67)46(65)47(66)50(80-56)55(72)73)24-23-36(40)30-78-57(74)62(11)44(32(5)6)53(70)60-43(31(3)4)54(71)61(10)45(33(7)15-2)41(75-12)29-42(64)63-25-19-22-39(63)49(76-13)34(8)51(68)59-38(52(69)58-9)27-35-20-17-16-18-21-35/h1,16-18,20-21,23-24,28,31-34,38-39,41,43-50,56,65-67H,15,19,22,25-27,29-30H2,2-13H3,(H,58,69)(H,59,68)(H,60,70)(H,72,73)/t33?,34-,38?,39+,41-,43+,44+,45+,46+,47+,48-,49-,50+,56?/m1/s1. The second-order valence-corrected chi connectivity index (χ2v) is 21.2. The van der Waals surface area contributed by atoms with E-state index in [1.807, 2.05) is 44.2 Å². The van der Waals surface area contributed by atoms with Gasteiger partial charge in [0.2, 0.25) is 35.8 Å². The fraction of sp³-hybridized carbons (Fsp3) is 0.632. The lowest BCUT2D eigenvalue weighted by Gasteiger charge is -2.41. The number of hydrogen-bond donors (Lipinski definition) is 7. The number of rotatable bonds is 28. The van der Waals surface area contributed by atoms with Gasteiger partial charge in [0.1, 0.15) is 61.2 Å². The van der Waals surface area contributed by atoms with Crippen LogP contribution in [0.15, 0.2) is 48.5 Å². The van der Waals surface area contributed by atoms with Crippen molar-refractivity contribution in [2.75, 3.05) is 48.5 Å². The molecule has 14 atom stereocenters. The second-order valence-electron chi connectivity index (χ2n) is 21.2. The Morgan fingerprint density at radius 2 is 1.54 bits per heavy atom. The molecule has 7 N–H and O–H groups in total. The number of benzene rings is 2. The molecule has 2 saturated heterocycles. The van der Waals surface area contributed by atoms with Gasteiger partial charge in [-0.2, -0.15) is 0 Å². The first-order valence-corrected chi connectivity index (χ1v) is 27.0. The molecule has 2 fully saturated rings. The maximum Gasteiger partial charge on any atom is 0.410 e. The first-order valence-electron chi connectivity index (χ1n) is 27.0. The van der Waals surface area contributed by atoms with E-state index in [9.17, 15) is 54.0 Å². The molecule has 0 saturated carbocycles. The number of nitrogens with zero attached hydrogens (tertiary/aromatic N) is 3. The van der Waals surface area contributed by atoms with E-state index < -0.39 is 127 Å². The molecule has 80 heavy (non-hydrogen) atoms. The van der Waals surface area contributed by atoms with Gasteiger partial charge < -0.3 is 74.6 Å².